The summed E-state index contributed by atoms with van der Waals surface area (Å²) in [5, 5.41) is 4.38. The van der Waals surface area contributed by atoms with Gasteiger partial charge >= 0.3 is 5.97 Å². The number of hydrogen-bond donors (Lipinski definition) is 0. The number of ether oxygens (including phenoxy) is 1. The van der Waals surface area contributed by atoms with E-state index in [1.165, 1.54) is 21.9 Å². The second-order valence-corrected chi connectivity index (χ2v) is 6.62. The number of rotatable bonds is 4. The Bertz CT molecular complexity index is 1060. The van der Waals surface area contributed by atoms with Crippen LogP contribution in [0.15, 0.2) is 65.5 Å². The lowest BCUT2D eigenvalue weighted by Gasteiger charge is -2.31. The third-order valence-corrected chi connectivity index (χ3v) is 4.85. The normalized spacial score (nSPS) is 13.1. The van der Waals surface area contributed by atoms with Gasteiger partial charge in [-0.15, -0.1) is 0 Å². The van der Waals surface area contributed by atoms with Gasteiger partial charge in [0.1, 0.15) is 0 Å². The summed E-state index contributed by atoms with van der Waals surface area (Å²) in [6, 6.07) is 18.8. The molecule has 0 atom stereocenters. The van der Waals surface area contributed by atoms with Gasteiger partial charge in [-0.25, -0.2) is 4.79 Å². The Hall–Kier alpha value is -3.41. The van der Waals surface area contributed by atoms with Crippen molar-refractivity contribution in [2.75, 3.05) is 18.1 Å². The van der Waals surface area contributed by atoms with Crippen molar-refractivity contribution in [3.05, 3.63) is 87.8 Å². The van der Waals surface area contributed by atoms with E-state index in [2.05, 4.69) is 17.2 Å². The molecule has 142 valence electrons. The number of benzene rings is 2. The summed E-state index contributed by atoms with van der Waals surface area (Å²) in [4.78, 5) is 27.4. The molecule has 0 saturated carbocycles. The smallest absolute Gasteiger partial charge is 0.360 e. The van der Waals surface area contributed by atoms with Crippen LogP contribution >= 0.6 is 0 Å². The topological polar surface area (TPSA) is 64.4 Å². The van der Waals surface area contributed by atoms with Crippen LogP contribution in [0.4, 0.5) is 5.69 Å². The van der Waals surface area contributed by atoms with E-state index >= 15 is 0 Å². The standard InChI is InChI=1S/C22H21N3O3/c1-2-28-22(27)21-19(24-13-12-16-8-6-7-9-17(16)15-24)14-20(26)25(23-21)18-10-4-3-5-11-18/h3-11,14H,2,12-13,15H2,1H3. The number of fused-ring (bicyclic) bond motifs is 1. The van der Waals surface area contributed by atoms with Gasteiger partial charge in [-0.05, 0) is 36.6 Å². The maximum atomic E-state index is 12.8. The first-order valence-electron chi connectivity index (χ1n) is 9.36. The quantitative estimate of drug-likeness (QED) is 0.656. The van der Waals surface area contributed by atoms with Crippen LogP contribution < -0.4 is 10.5 Å². The summed E-state index contributed by atoms with van der Waals surface area (Å²) in [6.07, 6.45) is 0.847. The van der Waals surface area contributed by atoms with Crippen molar-refractivity contribution in [1.82, 2.24) is 9.78 Å². The zero-order valence-corrected chi connectivity index (χ0v) is 15.7. The Morgan fingerprint density at radius 1 is 1.07 bits per heavy atom. The van der Waals surface area contributed by atoms with E-state index in [0.29, 0.717) is 24.5 Å². The summed E-state index contributed by atoms with van der Waals surface area (Å²) < 4.78 is 6.46. The lowest BCUT2D eigenvalue weighted by atomic mass is 9.99. The molecule has 0 aliphatic carbocycles. The highest BCUT2D eigenvalue weighted by molar-refractivity contribution is 5.93. The molecule has 0 amide bonds. The highest BCUT2D eigenvalue weighted by Gasteiger charge is 2.25. The third-order valence-electron chi connectivity index (χ3n) is 4.85. The molecule has 0 saturated heterocycles. The molecule has 0 radical (unpaired) electrons. The molecule has 1 aromatic heterocycles. The van der Waals surface area contributed by atoms with Crippen molar-refractivity contribution in [2.45, 2.75) is 19.9 Å². The average molecular weight is 375 g/mol. The molecule has 6 heteroatoms. The minimum atomic E-state index is -0.527. The fraction of sp³-hybridized carbons (Fsp3) is 0.227. The van der Waals surface area contributed by atoms with E-state index in [9.17, 15) is 9.59 Å². The summed E-state index contributed by atoms with van der Waals surface area (Å²) in [5.41, 5.74) is 3.48. The summed E-state index contributed by atoms with van der Waals surface area (Å²) >= 11 is 0. The van der Waals surface area contributed by atoms with Gasteiger partial charge in [0.05, 0.1) is 18.0 Å². The highest BCUT2D eigenvalue weighted by Crippen LogP contribution is 2.26. The first-order valence-corrected chi connectivity index (χ1v) is 9.36. The Balaban J connectivity index is 1.79. The second-order valence-electron chi connectivity index (χ2n) is 6.62. The molecule has 2 heterocycles. The lowest BCUT2D eigenvalue weighted by Crippen LogP contribution is -2.35. The zero-order valence-electron chi connectivity index (χ0n) is 15.7. The van der Waals surface area contributed by atoms with E-state index in [1.54, 1.807) is 19.1 Å². The number of nitrogens with zero attached hydrogens (tertiary/aromatic N) is 3. The van der Waals surface area contributed by atoms with Gasteiger partial charge in [-0.3, -0.25) is 4.79 Å². The molecule has 0 bridgehead atoms. The molecule has 4 rings (SSSR count). The SMILES string of the molecule is CCOC(=O)c1nn(-c2ccccc2)c(=O)cc1N1CCc2ccccc2C1. The van der Waals surface area contributed by atoms with Crippen LogP contribution in [0, 0.1) is 0 Å². The van der Waals surface area contributed by atoms with Crippen LogP contribution in [-0.2, 0) is 17.7 Å². The molecule has 0 N–H and O–H groups in total. The average Bonchev–Trinajstić information content (AvgIpc) is 2.74. The molecule has 1 aliphatic heterocycles. The Morgan fingerprint density at radius 2 is 1.79 bits per heavy atom. The van der Waals surface area contributed by atoms with Crippen molar-refractivity contribution in [3.63, 3.8) is 0 Å². The number of anilines is 1. The highest BCUT2D eigenvalue weighted by atomic mass is 16.5. The van der Waals surface area contributed by atoms with E-state index < -0.39 is 5.97 Å². The molecule has 0 unspecified atom stereocenters. The van der Waals surface area contributed by atoms with Gasteiger partial charge in [0.15, 0.2) is 5.69 Å². The van der Waals surface area contributed by atoms with E-state index in [-0.39, 0.29) is 17.9 Å². The van der Waals surface area contributed by atoms with Gasteiger partial charge < -0.3 is 9.64 Å². The van der Waals surface area contributed by atoms with Crippen LogP contribution in [0.5, 0.6) is 0 Å². The van der Waals surface area contributed by atoms with Gasteiger partial charge in [-0.1, -0.05) is 42.5 Å². The number of hydrogen-bond acceptors (Lipinski definition) is 5. The zero-order chi connectivity index (χ0) is 19.5. The van der Waals surface area contributed by atoms with Gasteiger partial charge in [0, 0.05) is 19.2 Å². The van der Waals surface area contributed by atoms with Crippen molar-refractivity contribution in [2.24, 2.45) is 0 Å². The molecule has 0 fully saturated rings. The number of carbonyl (C=O) groups excluding carboxylic acids is 1. The maximum absolute atomic E-state index is 12.8. The lowest BCUT2D eigenvalue weighted by molar-refractivity contribution is 0.0518. The first kappa shape index (κ1) is 18.0. The van der Waals surface area contributed by atoms with Crippen LogP contribution in [0.1, 0.15) is 28.5 Å². The van der Waals surface area contributed by atoms with Gasteiger partial charge in [-0.2, -0.15) is 9.78 Å². The summed E-state index contributed by atoms with van der Waals surface area (Å²) in [5.74, 6) is -0.527. The fourth-order valence-electron chi connectivity index (χ4n) is 3.49. The van der Waals surface area contributed by atoms with E-state index in [4.69, 9.17) is 4.74 Å². The molecule has 28 heavy (non-hydrogen) atoms. The molecular formula is C22H21N3O3. The predicted octanol–water partition coefficient (Wildman–Crippen LogP) is 2.97. The first-order chi connectivity index (χ1) is 13.7. The van der Waals surface area contributed by atoms with Gasteiger partial charge in [0.2, 0.25) is 0 Å². The predicted molar refractivity (Wildman–Crippen MR) is 107 cm³/mol. The third kappa shape index (κ3) is 3.41. The van der Waals surface area contributed by atoms with E-state index in [0.717, 1.165) is 6.42 Å². The largest absolute Gasteiger partial charge is 0.461 e. The Morgan fingerprint density at radius 3 is 2.54 bits per heavy atom. The van der Waals surface area contributed by atoms with Crippen molar-refractivity contribution in [1.29, 1.82) is 0 Å². The molecule has 1 aliphatic rings. The van der Waals surface area contributed by atoms with Crippen LogP contribution in [0.2, 0.25) is 0 Å². The second kappa shape index (κ2) is 7.68. The molecule has 3 aromatic rings. The van der Waals surface area contributed by atoms with E-state index in [1.807, 2.05) is 35.2 Å². The van der Waals surface area contributed by atoms with Crippen molar-refractivity contribution >= 4 is 11.7 Å². The molecule has 2 aromatic carbocycles. The monoisotopic (exact) mass is 375 g/mol. The summed E-state index contributed by atoms with van der Waals surface area (Å²) in [6.45, 7) is 3.33. The van der Waals surface area contributed by atoms with Crippen molar-refractivity contribution < 1.29 is 9.53 Å². The number of esters is 1. The molecule has 0 spiro atoms. The van der Waals surface area contributed by atoms with Crippen LogP contribution in [-0.4, -0.2) is 28.9 Å². The number of para-hydroxylation sites is 1. The maximum Gasteiger partial charge on any atom is 0.360 e. The minimum absolute atomic E-state index is 0.157. The Labute approximate surface area is 163 Å². The number of carbonyl (C=O) groups is 1. The fourth-order valence-corrected chi connectivity index (χ4v) is 3.49. The molecule has 6 nitrogen and oxygen atoms in total. The number of aromatic nitrogens is 2. The molecular weight excluding hydrogens is 354 g/mol. The van der Waals surface area contributed by atoms with Crippen LogP contribution in [0.25, 0.3) is 5.69 Å². The Kier molecular flexibility index (Phi) is 4.93. The van der Waals surface area contributed by atoms with Crippen LogP contribution in [0.3, 0.4) is 0 Å². The van der Waals surface area contributed by atoms with Crippen molar-refractivity contribution in [3.8, 4) is 5.69 Å². The van der Waals surface area contributed by atoms with Gasteiger partial charge in [0.25, 0.3) is 5.56 Å². The minimum Gasteiger partial charge on any atom is -0.461 e. The summed E-state index contributed by atoms with van der Waals surface area (Å²) in [7, 11) is 0.